The van der Waals surface area contributed by atoms with Gasteiger partial charge in [0.2, 0.25) is 0 Å². The Morgan fingerprint density at radius 3 is 2.66 bits per heavy atom. The zero-order chi connectivity index (χ0) is 22.7. The van der Waals surface area contributed by atoms with Gasteiger partial charge in [0.25, 0.3) is 0 Å². The van der Waals surface area contributed by atoms with E-state index in [2.05, 4.69) is 25.3 Å². The maximum absolute atomic E-state index is 15.1. The molecule has 4 rings (SSSR count). The van der Waals surface area contributed by atoms with Crippen molar-refractivity contribution in [2.75, 3.05) is 11.5 Å². The maximum atomic E-state index is 15.1. The van der Waals surface area contributed by atoms with E-state index in [-0.39, 0.29) is 40.6 Å². The van der Waals surface area contributed by atoms with Gasteiger partial charge in [0, 0.05) is 25.0 Å². The highest BCUT2D eigenvalue weighted by molar-refractivity contribution is 5.96. The minimum atomic E-state index is -0.716. The van der Waals surface area contributed by atoms with Crippen molar-refractivity contribution in [1.29, 1.82) is 5.26 Å². The Kier molecular flexibility index (Phi) is 5.55. The van der Waals surface area contributed by atoms with Crippen LogP contribution in [0.25, 0.3) is 22.5 Å². The largest absolute Gasteiger partial charge is 0.394 e. The van der Waals surface area contributed by atoms with Gasteiger partial charge in [-0.3, -0.25) is 9.67 Å². The van der Waals surface area contributed by atoms with E-state index in [0.717, 1.165) is 0 Å². The Bertz CT molecular complexity index is 1350. The Morgan fingerprint density at radius 2 is 1.97 bits per heavy atom. The number of halogens is 1. The minimum Gasteiger partial charge on any atom is -0.394 e. The lowest BCUT2D eigenvalue weighted by atomic mass is 9.98. The summed E-state index contributed by atoms with van der Waals surface area (Å²) in [5.41, 5.74) is 14.5. The zero-order valence-corrected chi connectivity index (χ0v) is 17.1. The third kappa shape index (κ3) is 3.75. The van der Waals surface area contributed by atoms with E-state index in [1.165, 1.54) is 12.1 Å². The summed E-state index contributed by atoms with van der Waals surface area (Å²) in [5.74, 6) is -0.745. The lowest BCUT2D eigenvalue weighted by Gasteiger charge is -2.16. The topological polar surface area (TPSA) is 144 Å². The van der Waals surface area contributed by atoms with Gasteiger partial charge in [0.1, 0.15) is 35.6 Å². The van der Waals surface area contributed by atoms with Gasteiger partial charge in [-0.2, -0.15) is 20.6 Å². The van der Waals surface area contributed by atoms with Crippen LogP contribution < -0.4 is 11.5 Å². The fourth-order valence-corrected chi connectivity index (χ4v) is 3.24. The molecule has 0 aliphatic rings. The fourth-order valence-electron chi connectivity index (χ4n) is 3.24. The third-order valence-corrected chi connectivity index (χ3v) is 4.82. The molecule has 0 spiro atoms. The molecule has 0 fully saturated rings. The number of azo groups is 1. The number of anilines is 2. The molecule has 0 saturated heterocycles. The molecule has 4 aromatic rings. The van der Waals surface area contributed by atoms with E-state index in [4.69, 9.17) is 11.5 Å². The van der Waals surface area contributed by atoms with Gasteiger partial charge in [0.15, 0.2) is 0 Å². The number of nitrogens with zero attached hydrogens (tertiary/aromatic N) is 7. The molecule has 158 valence electrons. The molecule has 0 saturated carbocycles. The second kappa shape index (κ2) is 8.61. The molecule has 9 nitrogen and oxygen atoms in total. The average Bonchev–Trinajstić information content (AvgIpc) is 3.22. The van der Waals surface area contributed by atoms with Crippen LogP contribution in [0.2, 0.25) is 0 Å². The average molecular weight is 427 g/mol. The van der Waals surface area contributed by atoms with Gasteiger partial charge in [-0.15, -0.1) is 0 Å². The first-order valence-electron chi connectivity index (χ1n) is 9.55. The van der Waals surface area contributed by atoms with Crippen LogP contribution >= 0.6 is 0 Å². The molecule has 1 aromatic carbocycles. The first-order valence-corrected chi connectivity index (χ1v) is 9.55. The van der Waals surface area contributed by atoms with Crippen LogP contribution in [0.4, 0.5) is 21.6 Å². The Balaban J connectivity index is 1.96. The number of nitrogen functional groups attached to an aromatic ring is 2. The zero-order valence-electron chi connectivity index (χ0n) is 17.1. The molecule has 32 heavy (non-hydrogen) atoms. The fraction of sp³-hybridized carbons (Fsp3) is 0.0909. The molecule has 0 atom stereocenters. The van der Waals surface area contributed by atoms with Crippen molar-refractivity contribution in [1.82, 2.24) is 19.7 Å². The predicted molar refractivity (Wildman–Crippen MR) is 118 cm³/mol. The van der Waals surface area contributed by atoms with Crippen molar-refractivity contribution in [3.63, 3.8) is 0 Å². The van der Waals surface area contributed by atoms with E-state index < -0.39 is 5.82 Å². The van der Waals surface area contributed by atoms with Crippen molar-refractivity contribution in [2.45, 2.75) is 6.54 Å². The number of aryl methyl sites for hydroxylation is 1. The second-order valence-corrected chi connectivity index (χ2v) is 6.82. The number of aromatic nitrogens is 4. The first kappa shape index (κ1) is 20.6. The number of nitriles is 1. The summed E-state index contributed by atoms with van der Waals surface area (Å²) in [4.78, 5) is 8.57. The number of hydrogen-bond acceptors (Lipinski definition) is 8. The van der Waals surface area contributed by atoms with E-state index >= 15 is 4.39 Å². The quantitative estimate of drug-likeness (QED) is 0.461. The predicted octanol–water partition coefficient (Wildman–Crippen LogP) is 4.00. The molecule has 0 aliphatic heterocycles. The van der Waals surface area contributed by atoms with E-state index in [1.54, 1.807) is 42.3 Å². The summed E-state index contributed by atoms with van der Waals surface area (Å²) in [6, 6.07) is 13.5. The van der Waals surface area contributed by atoms with Crippen molar-refractivity contribution in [2.24, 2.45) is 17.3 Å². The summed E-state index contributed by atoms with van der Waals surface area (Å²) < 4.78 is 16.7. The Labute approximate surface area is 182 Å². The van der Waals surface area contributed by atoms with E-state index in [0.29, 0.717) is 17.0 Å². The van der Waals surface area contributed by atoms with Gasteiger partial charge in [-0.05, 0) is 30.3 Å². The third-order valence-electron chi connectivity index (χ3n) is 4.82. The SMILES string of the molecule is Cn1nccc1-c1c(-c2cccc(C#N)c2F)nc(N)c(N)c1N=NCc1ccccn1. The van der Waals surface area contributed by atoms with Gasteiger partial charge in [0.05, 0.1) is 28.2 Å². The van der Waals surface area contributed by atoms with Crippen LogP contribution in [0, 0.1) is 17.1 Å². The van der Waals surface area contributed by atoms with E-state index in [1.807, 2.05) is 18.2 Å². The van der Waals surface area contributed by atoms with Crippen molar-refractivity contribution in [3.8, 4) is 28.6 Å². The van der Waals surface area contributed by atoms with Crippen LogP contribution in [0.1, 0.15) is 11.3 Å². The molecule has 4 N–H and O–H groups in total. The van der Waals surface area contributed by atoms with Gasteiger partial charge < -0.3 is 11.5 Å². The van der Waals surface area contributed by atoms with E-state index in [9.17, 15) is 5.26 Å². The van der Waals surface area contributed by atoms with Gasteiger partial charge in [-0.25, -0.2) is 9.37 Å². The van der Waals surface area contributed by atoms with Gasteiger partial charge >= 0.3 is 0 Å². The molecule has 0 bridgehead atoms. The summed E-state index contributed by atoms with van der Waals surface area (Å²) in [7, 11) is 1.72. The first-order chi connectivity index (χ1) is 15.5. The molecule has 0 unspecified atom stereocenters. The number of benzene rings is 1. The molecule has 0 aliphatic carbocycles. The second-order valence-electron chi connectivity index (χ2n) is 6.82. The number of pyridine rings is 2. The van der Waals surface area contributed by atoms with Crippen molar-refractivity contribution >= 4 is 17.2 Å². The standard InChI is InChI=1S/C22H18FN9/c1-32-16(8-10-29-32)17-20(15-7-4-5-13(11-24)18(15)23)30-22(26)19(25)21(17)31-28-12-14-6-2-3-9-27-14/h2-10H,12,25H2,1H3,(H2,26,30). The lowest BCUT2D eigenvalue weighted by Crippen LogP contribution is -2.05. The molecular weight excluding hydrogens is 409 g/mol. The highest BCUT2D eigenvalue weighted by atomic mass is 19.1. The van der Waals surface area contributed by atoms with Crippen LogP contribution in [-0.2, 0) is 13.6 Å². The molecule has 0 radical (unpaired) electrons. The highest BCUT2D eigenvalue weighted by Crippen LogP contribution is 2.44. The molecule has 3 aromatic heterocycles. The van der Waals surface area contributed by atoms with Crippen molar-refractivity contribution < 1.29 is 4.39 Å². The smallest absolute Gasteiger partial charge is 0.150 e. The maximum Gasteiger partial charge on any atom is 0.150 e. The van der Waals surface area contributed by atoms with Crippen molar-refractivity contribution in [3.05, 3.63) is 71.9 Å². The monoisotopic (exact) mass is 427 g/mol. The molecule has 3 heterocycles. The summed E-state index contributed by atoms with van der Waals surface area (Å²) in [6.07, 6.45) is 3.25. The Morgan fingerprint density at radius 1 is 1.12 bits per heavy atom. The van der Waals surface area contributed by atoms with Crippen LogP contribution in [-0.4, -0.2) is 19.7 Å². The molecule has 10 heteroatoms. The van der Waals surface area contributed by atoms with Gasteiger partial charge in [-0.1, -0.05) is 12.1 Å². The number of hydrogen-bond donors (Lipinski definition) is 2. The molecular formula is C22H18FN9. The normalized spacial score (nSPS) is 11.0. The summed E-state index contributed by atoms with van der Waals surface area (Å²) >= 11 is 0. The summed E-state index contributed by atoms with van der Waals surface area (Å²) in [5, 5.41) is 22.0. The molecule has 0 amide bonds. The Hall–Kier alpha value is -4.65. The van der Waals surface area contributed by atoms with Crippen LogP contribution in [0.5, 0.6) is 0 Å². The van der Waals surface area contributed by atoms with Crippen LogP contribution in [0.3, 0.4) is 0 Å². The number of nitrogens with two attached hydrogens (primary N) is 2. The summed E-state index contributed by atoms with van der Waals surface area (Å²) in [6.45, 7) is 0.209. The number of rotatable bonds is 5. The lowest BCUT2D eigenvalue weighted by molar-refractivity contribution is 0.627. The highest BCUT2D eigenvalue weighted by Gasteiger charge is 2.24. The van der Waals surface area contributed by atoms with Crippen LogP contribution in [0.15, 0.2) is 65.1 Å². The minimum absolute atomic E-state index is 0.0283.